The normalized spacial score (nSPS) is 16.2. The average Bonchev–Trinajstić information content (AvgIpc) is 2.52. The Morgan fingerprint density at radius 2 is 2.23 bits per heavy atom. The van der Waals surface area contributed by atoms with Crippen molar-refractivity contribution in [1.82, 2.24) is 15.0 Å². The highest BCUT2D eigenvalue weighted by atomic mass is 15.4. The third-order valence-electron chi connectivity index (χ3n) is 2.36. The molecule has 1 atom stereocenters. The maximum atomic E-state index is 6.03. The smallest absolute Gasteiger partial charge is 0.102 e. The molecular weight excluding hydrogens is 164 g/mol. The fraction of sp³-hybridized carbons (Fsp3) is 0.778. The Bertz CT molecular complexity index is 275. The summed E-state index contributed by atoms with van der Waals surface area (Å²) in [4.78, 5) is 0. The Balaban J connectivity index is 2.91. The van der Waals surface area contributed by atoms with Crippen molar-refractivity contribution in [1.29, 1.82) is 0 Å². The van der Waals surface area contributed by atoms with Gasteiger partial charge in [-0.1, -0.05) is 12.1 Å². The summed E-state index contributed by atoms with van der Waals surface area (Å²) in [5.74, 6) is 0. The third-order valence-corrected chi connectivity index (χ3v) is 2.36. The second-order valence-electron chi connectivity index (χ2n) is 3.95. The van der Waals surface area contributed by atoms with Crippen molar-refractivity contribution < 1.29 is 0 Å². The average molecular weight is 182 g/mol. The summed E-state index contributed by atoms with van der Waals surface area (Å²) in [5, 5.41) is 8.08. The minimum atomic E-state index is -0.354. The van der Waals surface area contributed by atoms with Gasteiger partial charge in [0.25, 0.3) is 0 Å². The molecule has 74 valence electrons. The molecule has 1 rings (SSSR count). The van der Waals surface area contributed by atoms with Gasteiger partial charge in [-0.15, -0.1) is 5.10 Å². The topological polar surface area (TPSA) is 56.7 Å². The lowest BCUT2D eigenvalue weighted by Gasteiger charge is -2.18. The maximum Gasteiger partial charge on any atom is 0.102 e. The van der Waals surface area contributed by atoms with Gasteiger partial charge >= 0.3 is 0 Å². The van der Waals surface area contributed by atoms with Crippen LogP contribution in [0.3, 0.4) is 0 Å². The first kappa shape index (κ1) is 10.2. The number of hydrogen-bond donors (Lipinski definition) is 1. The van der Waals surface area contributed by atoms with Crippen molar-refractivity contribution in [2.75, 3.05) is 0 Å². The standard InChI is InChI=1S/C9H18N4/c1-5-9(4,10)8-6-13(7(2)3)12-11-8/h6-7H,5,10H2,1-4H3. The highest BCUT2D eigenvalue weighted by Crippen LogP contribution is 2.18. The molecule has 0 saturated heterocycles. The van der Waals surface area contributed by atoms with Crippen LogP contribution in [0.4, 0.5) is 0 Å². The van der Waals surface area contributed by atoms with Crippen LogP contribution in [0.1, 0.15) is 45.9 Å². The predicted octanol–water partition coefficient (Wildman–Crippen LogP) is 1.44. The van der Waals surface area contributed by atoms with Gasteiger partial charge in [-0.05, 0) is 27.2 Å². The van der Waals surface area contributed by atoms with E-state index < -0.39 is 0 Å². The summed E-state index contributed by atoms with van der Waals surface area (Å²) < 4.78 is 1.83. The molecule has 0 aliphatic rings. The van der Waals surface area contributed by atoms with Gasteiger partial charge in [-0.3, -0.25) is 0 Å². The van der Waals surface area contributed by atoms with E-state index in [1.807, 2.05) is 24.7 Å². The summed E-state index contributed by atoms with van der Waals surface area (Å²) in [7, 11) is 0. The molecule has 0 amide bonds. The molecule has 13 heavy (non-hydrogen) atoms. The molecule has 4 nitrogen and oxygen atoms in total. The molecule has 0 aromatic carbocycles. The highest BCUT2D eigenvalue weighted by molar-refractivity contribution is 5.07. The maximum absolute atomic E-state index is 6.03. The van der Waals surface area contributed by atoms with Gasteiger partial charge in [-0.2, -0.15) is 0 Å². The number of nitrogens with zero attached hydrogens (tertiary/aromatic N) is 3. The van der Waals surface area contributed by atoms with Crippen LogP contribution in [-0.2, 0) is 5.54 Å². The van der Waals surface area contributed by atoms with Crippen LogP contribution in [0, 0.1) is 0 Å². The first-order valence-corrected chi connectivity index (χ1v) is 4.68. The summed E-state index contributed by atoms with van der Waals surface area (Å²) >= 11 is 0. The minimum Gasteiger partial charge on any atom is -0.320 e. The van der Waals surface area contributed by atoms with Gasteiger partial charge in [-0.25, -0.2) is 4.68 Å². The Kier molecular flexibility index (Phi) is 2.71. The first-order chi connectivity index (χ1) is 5.97. The zero-order valence-corrected chi connectivity index (χ0v) is 8.78. The fourth-order valence-corrected chi connectivity index (χ4v) is 0.972. The van der Waals surface area contributed by atoms with E-state index in [4.69, 9.17) is 5.73 Å². The molecule has 0 saturated carbocycles. The number of nitrogens with two attached hydrogens (primary N) is 1. The molecule has 1 unspecified atom stereocenters. The summed E-state index contributed by atoms with van der Waals surface area (Å²) in [5.41, 5.74) is 6.55. The van der Waals surface area contributed by atoms with Gasteiger partial charge in [0.05, 0.1) is 11.7 Å². The molecule has 0 aliphatic heterocycles. The summed E-state index contributed by atoms with van der Waals surface area (Å²) in [6.45, 7) is 8.16. The van der Waals surface area contributed by atoms with Crippen LogP contribution in [0.2, 0.25) is 0 Å². The SMILES string of the molecule is CCC(C)(N)c1cn(C(C)C)nn1. The summed E-state index contributed by atoms with van der Waals surface area (Å²) in [6, 6.07) is 0.342. The molecule has 1 heterocycles. The predicted molar refractivity (Wildman–Crippen MR) is 52.2 cm³/mol. The van der Waals surface area contributed by atoms with Gasteiger partial charge in [0.15, 0.2) is 0 Å². The molecule has 0 fully saturated rings. The van der Waals surface area contributed by atoms with E-state index in [2.05, 4.69) is 24.2 Å². The van der Waals surface area contributed by atoms with Crippen LogP contribution in [-0.4, -0.2) is 15.0 Å². The van der Waals surface area contributed by atoms with Crippen molar-refractivity contribution in [2.24, 2.45) is 5.73 Å². The second kappa shape index (κ2) is 3.46. The van der Waals surface area contributed by atoms with E-state index in [1.165, 1.54) is 0 Å². The minimum absolute atomic E-state index is 0.342. The molecule has 0 spiro atoms. The van der Waals surface area contributed by atoms with Crippen LogP contribution >= 0.6 is 0 Å². The molecule has 4 heteroatoms. The highest BCUT2D eigenvalue weighted by Gasteiger charge is 2.22. The van der Waals surface area contributed by atoms with Crippen molar-refractivity contribution in [2.45, 2.75) is 45.7 Å². The van der Waals surface area contributed by atoms with Gasteiger partial charge in [0, 0.05) is 6.04 Å². The van der Waals surface area contributed by atoms with E-state index >= 15 is 0 Å². The van der Waals surface area contributed by atoms with Crippen molar-refractivity contribution >= 4 is 0 Å². The summed E-state index contributed by atoms with van der Waals surface area (Å²) in [6.07, 6.45) is 2.79. The molecule has 0 radical (unpaired) electrons. The van der Waals surface area contributed by atoms with Crippen LogP contribution < -0.4 is 5.73 Å². The van der Waals surface area contributed by atoms with E-state index in [0.717, 1.165) is 12.1 Å². The molecule has 1 aromatic heterocycles. The Morgan fingerprint density at radius 1 is 1.62 bits per heavy atom. The molecular formula is C9H18N4. The Labute approximate surface area is 79.1 Å². The fourth-order valence-electron chi connectivity index (χ4n) is 0.972. The lowest BCUT2D eigenvalue weighted by Crippen LogP contribution is -2.32. The van der Waals surface area contributed by atoms with Crippen LogP contribution in [0.5, 0.6) is 0 Å². The number of rotatable bonds is 3. The van der Waals surface area contributed by atoms with E-state index in [1.54, 1.807) is 0 Å². The second-order valence-corrected chi connectivity index (χ2v) is 3.95. The monoisotopic (exact) mass is 182 g/mol. The molecule has 0 aliphatic carbocycles. The van der Waals surface area contributed by atoms with E-state index in [9.17, 15) is 0 Å². The van der Waals surface area contributed by atoms with Crippen molar-refractivity contribution in [3.05, 3.63) is 11.9 Å². The quantitative estimate of drug-likeness (QED) is 0.769. The molecule has 2 N–H and O–H groups in total. The van der Waals surface area contributed by atoms with E-state index in [-0.39, 0.29) is 5.54 Å². The zero-order chi connectivity index (χ0) is 10.1. The molecule has 1 aromatic rings. The molecule has 0 bridgehead atoms. The lowest BCUT2D eigenvalue weighted by atomic mass is 9.97. The van der Waals surface area contributed by atoms with Gasteiger partial charge < -0.3 is 5.73 Å². The van der Waals surface area contributed by atoms with Crippen molar-refractivity contribution in [3.63, 3.8) is 0 Å². The zero-order valence-electron chi connectivity index (χ0n) is 8.78. The third kappa shape index (κ3) is 2.06. The Morgan fingerprint density at radius 3 is 2.62 bits per heavy atom. The van der Waals surface area contributed by atoms with Crippen molar-refractivity contribution in [3.8, 4) is 0 Å². The number of aromatic nitrogens is 3. The first-order valence-electron chi connectivity index (χ1n) is 4.68. The van der Waals surface area contributed by atoms with Crippen LogP contribution in [0.15, 0.2) is 6.20 Å². The largest absolute Gasteiger partial charge is 0.320 e. The van der Waals surface area contributed by atoms with Gasteiger partial charge in [0.2, 0.25) is 0 Å². The van der Waals surface area contributed by atoms with E-state index in [0.29, 0.717) is 6.04 Å². The van der Waals surface area contributed by atoms with Gasteiger partial charge in [0.1, 0.15) is 5.69 Å². The lowest BCUT2D eigenvalue weighted by molar-refractivity contribution is 0.461. The number of hydrogen-bond acceptors (Lipinski definition) is 3. The Hall–Kier alpha value is -0.900. The van der Waals surface area contributed by atoms with Crippen LogP contribution in [0.25, 0.3) is 0 Å².